The molecule has 0 amide bonds. The van der Waals surface area contributed by atoms with E-state index in [1.54, 1.807) is 7.11 Å². The summed E-state index contributed by atoms with van der Waals surface area (Å²) in [4.78, 5) is 2.18. The average molecular weight is 236 g/mol. The zero-order valence-electron chi connectivity index (χ0n) is 11.8. The van der Waals surface area contributed by atoms with Crippen LogP contribution < -0.4 is 15.4 Å². The van der Waals surface area contributed by atoms with Crippen LogP contribution in [0.2, 0.25) is 0 Å². The Bertz CT molecular complexity index is 371. The molecule has 0 fully saturated rings. The Morgan fingerprint density at radius 1 is 1.24 bits per heavy atom. The lowest BCUT2D eigenvalue weighted by molar-refractivity contribution is 0.408. The Labute approximate surface area is 105 Å². The number of anilines is 1. The second-order valence-corrected chi connectivity index (χ2v) is 5.46. The van der Waals surface area contributed by atoms with Crippen LogP contribution in [-0.4, -0.2) is 26.2 Å². The van der Waals surface area contributed by atoms with Gasteiger partial charge < -0.3 is 15.4 Å². The summed E-state index contributed by atoms with van der Waals surface area (Å²) in [7, 11) is 3.77. The van der Waals surface area contributed by atoms with E-state index in [-0.39, 0.29) is 5.54 Å². The largest absolute Gasteiger partial charge is 0.496 e. The predicted octanol–water partition coefficient (Wildman–Crippen LogP) is 2.49. The van der Waals surface area contributed by atoms with Crippen LogP contribution in [0.15, 0.2) is 12.1 Å². The molecule has 0 bridgehead atoms. The second kappa shape index (κ2) is 4.96. The van der Waals surface area contributed by atoms with Crippen LogP contribution in [0.4, 0.5) is 5.69 Å². The van der Waals surface area contributed by atoms with E-state index in [1.807, 2.05) is 13.8 Å². The highest BCUT2D eigenvalue weighted by atomic mass is 16.5. The molecule has 0 aromatic heterocycles. The lowest BCUT2D eigenvalue weighted by Crippen LogP contribution is -2.44. The Kier molecular flexibility index (Phi) is 4.04. The molecule has 2 N–H and O–H groups in total. The number of methoxy groups -OCH3 is 1. The minimum Gasteiger partial charge on any atom is -0.496 e. The molecule has 17 heavy (non-hydrogen) atoms. The summed E-state index contributed by atoms with van der Waals surface area (Å²) in [6.07, 6.45) is 0. The molecule has 1 aromatic carbocycles. The van der Waals surface area contributed by atoms with E-state index >= 15 is 0 Å². The zero-order chi connectivity index (χ0) is 13.2. The first-order chi connectivity index (χ1) is 7.74. The molecule has 0 aliphatic carbocycles. The van der Waals surface area contributed by atoms with E-state index in [0.717, 1.165) is 23.4 Å². The normalized spacial score (nSPS) is 11.5. The zero-order valence-corrected chi connectivity index (χ0v) is 11.8. The van der Waals surface area contributed by atoms with Gasteiger partial charge in [-0.2, -0.15) is 0 Å². The molecule has 0 unspecified atom stereocenters. The summed E-state index contributed by atoms with van der Waals surface area (Å²) < 4.78 is 5.37. The van der Waals surface area contributed by atoms with E-state index < -0.39 is 0 Å². The fourth-order valence-electron chi connectivity index (χ4n) is 2.17. The maximum absolute atomic E-state index is 6.04. The van der Waals surface area contributed by atoms with Crippen LogP contribution in [0.1, 0.15) is 25.0 Å². The van der Waals surface area contributed by atoms with Crippen molar-refractivity contribution in [1.29, 1.82) is 0 Å². The topological polar surface area (TPSA) is 38.5 Å². The number of rotatable bonds is 4. The van der Waals surface area contributed by atoms with E-state index in [2.05, 4.69) is 37.9 Å². The summed E-state index contributed by atoms with van der Waals surface area (Å²) in [5, 5.41) is 0. The van der Waals surface area contributed by atoms with Gasteiger partial charge >= 0.3 is 0 Å². The Balaban J connectivity index is 3.00. The smallest absolute Gasteiger partial charge is 0.124 e. The van der Waals surface area contributed by atoms with Crippen molar-refractivity contribution in [3.63, 3.8) is 0 Å². The number of ether oxygens (including phenoxy) is 1. The monoisotopic (exact) mass is 236 g/mol. The van der Waals surface area contributed by atoms with Gasteiger partial charge in [-0.1, -0.05) is 0 Å². The highest BCUT2D eigenvalue weighted by molar-refractivity contribution is 5.56. The van der Waals surface area contributed by atoms with Gasteiger partial charge in [-0.3, -0.25) is 0 Å². The Morgan fingerprint density at radius 2 is 1.71 bits per heavy atom. The van der Waals surface area contributed by atoms with Crippen LogP contribution in [0.3, 0.4) is 0 Å². The third-order valence-corrected chi connectivity index (χ3v) is 2.73. The van der Waals surface area contributed by atoms with E-state index in [1.165, 1.54) is 5.69 Å². The molecule has 0 saturated carbocycles. The molecule has 0 atom stereocenters. The van der Waals surface area contributed by atoms with Gasteiger partial charge in [-0.05, 0) is 51.0 Å². The van der Waals surface area contributed by atoms with Gasteiger partial charge in [0.15, 0.2) is 0 Å². The van der Waals surface area contributed by atoms with Crippen LogP contribution >= 0.6 is 0 Å². The van der Waals surface area contributed by atoms with E-state index in [9.17, 15) is 0 Å². The minimum atomic E-state index is -0.198. The highest BCUT2D eigenvalue weighted by Gasteiger charge is 2.15. The summed E-state index contributed by atoms with van der Waals surface area (Å²) >= 11 is 0. The third-order valence-electron chi connectivity index (χ3n) is 2.73. The predicted molar refractivity (Wildman–Crippen MR) is 74.0 cm³/mol. The van der Waals surface area contributed by atoms with Crippen LogP contribution in [0.5, 0.6) is 5.75 Å². The van der Waals surface area contributed by atoms with Crippen molar-refractivity contribution in [1.82, 2.24) is 0 Å². The SMILES string of the molecule is COc1c(C)cc(N(C)CC(C)(C)N)cc1C. The molecule has 3 nitrogen and oxygen atoms in total. The fourth-order valence-corrected chi connectivity index (χ4v) is 2.17. The number of benzene rings is 1. The molecule has 1 rings (SSSR count). The molecule has 3 heteroatoms. The first-order valence-electron chi connectivity index (χ1n) is 5.90. The van der Waals surface area contributed by atoms with Gasteiger partial charge in [-0.15, -0.1) is 0 Å². The van der Waals surface area contributed by atoms with Gasteiger partial charge in [0.05, 0.1) is 7.11 Å². The average Bonchev–Trinajstić information content (AvgIpc) is 2.14. The van der Waals surface area contributed by atoms with E-state index in [0.29, 0.717) is 0 Å². The number of aryl methyl sites for hydroxylation is 2. The molecule has 0 saturated heterocycles. The molecule has 0 radical (unpaired) electrons. The van der Waals surface area contributed by atoms with Crippen molar-refractivity contribution in [2.24, 2.45) is 5.73 Å². The number of hydrogen-bond acceptors (Lipinski definition) is 3. The van der Waals surface area contributed by atoms with Crippen molar-refractivity contribution in [2.45, 2.75) is 33.2 Å². The third kappa shape index (κ3) is 3.63. The standard InChI is InChI=1S/C14H24N2O/c1-10-7-12(8-11(2)13(10)17-6)16(5)9-14(3,4)15/h7-8H,9,15H2,1-6H3. The van der Waals surface area contributed by atoms with Crippen molar-refractivity contribution >= 4 is 5.69 Å². The van der Waals surface area contributed by atoms with Gasteiger partial charge in [0.1, 0.15) is 5.75 Å². The van der Waals surface area contributed by atoms with E-state index in [4.69, 9.17) is 10.5 Å². The number of nitrogens with two attached hydrogens (primary N) is 1. The summed E-state index contributed by atoms with van der Waals surface area (Å²) in [5.74, 6) is 0.967. The lowest BCUT2D eigenvalue weighted by atomic mass is 10.0. The van der Waals surface area contributed by atoms with Gasteiger partial charge in [0.25, 0.3) is 0 Å². The minimum absolute atomic E-state index is 0.198. The molecule has 0 spiro atoms. The number of hydrogen-bond donors (Lipinski definition) is 1. The summed E-state index contributed by atoms with van der Waals surface area (Å²) in [6.45, 7) is 9.02. The Morgan fingerprint density at radius 3 is 2.06 bits per heavy atom. The maximum Gasteiger partial charge on any atom is 0.124 e. The van der Waals surface area contributed by atoms with Crippen molar-refractivity contribution in [2.75, 3.05) is 25.6 Å². The summed E-state index contributed by atoms with van der Waals surface area (Å²) in [6, 6.07) is 4.27. The molecular formula is C14H24N2O. The van der Waals surface area contributed by atoms with Crippen LogP contribution in [0, 0.1) is 13.8 Å². The van der Waals surface area contributed by atoms with Crippen molar-refractivity contribution in [3.05, 3.63) is 23.3 Å². The molecule has 1 aromatic rings. The van der Waals surface area contributed by atoms with Gasteiger partial charge in [0, 0.05) is 24.8 Å². The molecule has 0 aliphatic heterocycles. The van der Waals surface area contributed by atoms with Gasteiger partial charge in [0.2, 0.25) is 0 Å². The summed E-state index contributed by atoms with van der Waals surface area (Å²) in [5.41, 5.74) is 9.33. The molecule has 0 heterocycles. The first-order valence-corrected chi connectivity index (χ1v) is 5.90. The quantitative estimate of drug-likeness (QED) is 0.873. The molecule has 96 valence electrons. The lowest BCUT2D eigenvalue weighted by Gasteiger charge is -2.29. The van der Waals surface area contributed by atoms with Crippen molar-refractivity contribution in [3.8, 4) is 5.75 Å². The Hall–Kier alpha value is -1.22. The van der Waals surface area contributed by atoms with Crippen LogP contribution in [-0.2, 0) is 0 Å². The second-order valence-electron chi connectivity index (χ2n) is 5.46. The number of likely N-dealkylation sites (N-methyl/N-ethyl adjacent to an activating group) is 1. The van der Waals surface area contributed by atoms with Gasteiger partial charge in [-0.25, -0.2) is 0 Å². The molecular weight excluding hydrogens is 212 g/mol. The molecule has 0 aliphatic rings. The number of nitrogens with zero attached hydrogens (tertiary/aromatic N) is 1. The van der Waals surface area contributed by atoms with Crippen molar-refractivity contribution < 1.29 is 4.74 Å². The highest BCUT2D eigenvalue weighted by Crippen LogP contribution is 2.28. The maximum atomic E-state index is 6.04. The fraction of sp³-hybridized carbons (Fsp3) is 0.571. The van der Waals surface area contributed by atoms with Crippen LogP contribution in [0.25, 0.3) is 0 Å². The first kappa shape index (κ1) is 13.8.